The van der Waals surface area contributed by atoms with Crippen molar-refractivity contribution >= 4 is 34.3 Å². The maximum atomic E-state index is 12.4. The number of hydrogen-bond acceptors (Lipinski definition) is 2. The van der Waals surface area contributed by atoms with Crippen LogP contribution in [0.1, 0.15) is 25.1 Å². The summed E-state index contributed by atoms with van der Waals surface area (Å²) in [6.07, 6.45) is 1.29. The molecule has 26 heavy (non-hydrogen) atoms. The summed E-state index contributed by atoms with van der Waals surface area (Å²) < 4.78 is 2.00. The molecule has 2 amide bonds. The van der Waals surface area contributed by atoms with Crippen LogP contribution in [0, 0.1) is 13.8 Å². The van der Waals surface area contributed by atoms with E-state index in [4.69, 9.17) is 11.6 Å². The third-order valence-electron chi connectivity index (χ3n) is 4.64. The molecule has 0 aliphatic carbocycles. The number of rotatable bonds is 4. The van der Waals surface area contributed by atoms with Crippen LogP contribution in [-0.2, 0) is 16.1 Å². The molecule has 6 heteroatoms. The molecule has 0 atom stereocenters. The zero-order chi connectivity index (χ0) is 19.4. The Morgan fingerprint density at radius 3 is 2.58 bits per heavy atom. The van der Waals surface area contributed by atoms with Gasteiger partial charge in [0.15, 0.2) is 0 Å². The second-order valence-corrected chi connectivity index (χ2v) is 6.61. The van der Waals surface area contributed by atoms with Gasteiger partial charge in [0.25, 0.3) is 0 Å². The zero-order valence-corrected chi connectivity index (χ0v) is 16.6. The first-order valence-electron chi connectivity index (χ1n) is 8.86. The summed E-state index contributed by atoms with van der Waals surface area (Å²) in [5, 5.41) is 4.73. The fourth-order valence-corrected chi connectivity index (χ4v) is 3.29. The maximum absolute atomic E-state index is 12.4. The Morgan fingerprint density at radius 2 is 1.96 bits per heavy atom. The summed E-state index contributed by atoms with van der Waals surface area (Å²) >= 11 is 6.08. The predicted molar refractivity (Wildman–Crippen MR) is 106 cm³/mol. The van der Waals surface area contributed by atoms with Crippen molar-refractivity contribution in [3.8, 4) is 0 Å². The molecular weight excluding hydrogens is 350 g/mol. The summed E-state index contributed by atoms with van der Waals surface area (Å²) in [4.78, 5) is 25.4. The quantitative estimate of drug-likeness (QED) is 0.832. The predicted octanol–water partition coefficient (Wildman–Crippen LogP) is 3.45. The Hall–Kier alpha value is -2.27. The maximum Gasteiger partial charge on any atom is 0.246 e. The molecule has 1 aromatic heterocycles. The van der Waals surface area contributed by atoms with Crippen molar-refractivity contribution in [1.82, 2.24) is 14.8 Å². The minimum Gasteiger partial charge on any atom is -0.348 e. The molecule has 0 unspecified atom stereocenters. The number of aromatic nitrogens is 1. The van der Waals surface area contributed by atoms with Crippen LogP contribution in [0.4, 0.5) is 0 Å². The lowest BCUT2D eigenvalue weighted by Crippen LogP contribution is -2.61. The SMILES string of the molecule is C=CC(=O)N1CC(NC(=O)Cn2c(C)c(C)c3cc(Cl)ccc32)C1.CC. The molecule has 2 heterocycles. The van der Waals surface area contributed by atoms with Gasteiger partial charge in [0, 0.05) is 34.7 Å². The second-order valence-electron chi connectivity index (χ2n) is 6.17. The highest BCUT2D eigenvalue weighted by Gasteiger charge is 2.30. The van der Waals surface area contributed by atoms with Gasteiger partial charge in [-0.3, -0.25) is 9.59 Å². The summed E-state index contributed by atoms with van der Waals surface area (Å²) in [6, 6.07) is 5.72. The standard InChI is InChI=1S/C18H20ClN3O2.C2H6/c1-4-18(24)21-8-14(9-21)20-17(23)10-22-12(3)11(2)15-7-13(19)5-6-16(15)22;1-2/h4-7,14H,1,8-10H2,2-3H3,(H,20,23);1-2H3. The number of nitrogens with one attached hydrogen (secondary N) is 1. The minimum absolute atomic E-state index is 0.0130. The smallest absolute Gasteiger partial charge is 0.246 e. The highest BCUT2D eigenvalue weighted by atomic mass is 35.5. The van der Waals surface area contributed by atoms with Crippen LogP contribution in [0.15, 0.2) is 30.9 Å². The van der Waals surface area contributed by atoms with Gasteiger partial charge in [0.2, 0.25) is 11.8 Å². The summed E-state index contributed by atoms with van der Waals surface area (Å²) in [7, 11) is 0. The molecule has 0 saturated carbocycles. The van der Waals surface area contributed by atoms with E-state index in [2.05, 4.69) is 11.9 Å². The van der Waals surface area contributed by atoms with Crippen molar-refractivity contribution in [2.24, 2.45) is 0 Å². The lowest BCUT2D eigenvalue weighted by atomic mass is 10.1. The number of likely N-dealkylation sites (tertiary alicyclic amines) is 1. The van der Waals surface area contributed by atoms with Gasteiger partial charge < -0.3 is 14.8 Å². The van der Waals surface area contributed by atoms with Crippen molar-refractivity contribution in [3.63, 3.8) is 0 Å². The molecule has 0 bridgehead atoms. The number of carbonyl (C=O) groups excluding carboxylic acids is 2. The van der Waals surface area contributed by atoms with Gasteiger partial charge in [0.05, 0.1) is 6.04 Å². The molecule has 1 N–H and O–H groups in total. The summed E-state index contributed by atoms with van der Waals surface area (Å²) in [6.45, 7) is 12.8. The molecule has 3 rings (SSSR count). The van der Waals surface area contributed by atoms with E-state index in [0.29, 0.717) is 18.1 Å². The molecular formula is C20H26ClN3O2. The van der Waals surface area contributed by atoms with Gasteiger partial charge in [-0.15, -0.1) is 0 Å². The van der Waals surface area contributed by atoms with Gasteiger partial charge in [-0.05, 0) is 43.7 Å². The third kappa shape index (κ3) is 3.93. The number of fused-ring (bicyclic) bond motifs is 1. The Bertz CT molecular complexity index is 835. The summed E-state index contributed by atoms with van der Waals surface area (Å²) in [5.41, 5.74) is 3.19. The second kappa shape index (κ2) is 8.41. The molecule has 5 nitrogen and oxygen atoms in total. The largest absolute Gasteiger partial charge is 0.348 e. The first-order chi connectivity index (χ1) is 12.4. The van der Waals surface area contributed by atoms with Crippen LogP contribution in [0.25, 0.3) is 10.9 Å². The Labute approximate surface area is 159 Å². The number of benzene rings is 1. The van der Waals surface area contributed by atoms with Gasteiger partial charge in [0.1, 0.15) is 6.54 Å². The van der Waals surface area contributed by atoms with E-state index in [1.54, 1.807) is 4.90 Å². The number of halogens is 1. The lowest BCUT2D eigenvalue weighted by molar-refractivity contribution is -0.133. The molecule has 1 saturated heterocycles. The van der Waals surface area contributed by atoms with Crippen LogP contribution in [0.5, 0.6) is 0 Å². The average molecular weight is 376 g/mol. The van der Waals surface area contributed by atoms with Crippen molar-refractivity contribution in [3.05, 3.63) is 47.1 Å². The van der Waals surface area contributed by atoms with Crippen LogP contribution >= 0.6 is 11.6 Å². The van der Waals surface area contributed by atoms with Gasteiger partial charge >= 0.3 is 0 Å². The highest BCUT2D eigenvalue weighted by molar-refractivity contribution is 6.31. The Kier molecular flexibility index (Phi) is 6.48. The van der Waals surface area contributed by atoms with Crippen LogP contribution in [0.3, 0.4) is 0 Å². The Balaban J connectivity index is 0.00000117. The average Bonchev–Trinajstić information content (AvgIpc) is 2.83. The van der Waals surface area contributed by atoms with Crippen LogP contribution in [-0.4, -0.2) is 40.4 Å². The normalized spacial score (nSPS) is 13.7. The van der Waals surface area contributed by atoms with E-state index < -0.39 is 0 Å². The van der Waals surface area contributed by atoms with E-state index in [-0.39, 0.29) is 24.4 Å². The number of carbonyl (C=O) groups is 2. The van der Waals surface area contributed by atoms with E-state index in [1.807, 2.05) is 50.5 Å². The number of hydrogen-bond donors (Lipinski definition) is 1. The van der Waals surface area contributed by atoms with Crippen molar-refractivity contribution in [1.29, 1.82) is 0 Å². The fourth-order valence-electron chi connectivity index (χ4n) is 3.12. The molecule has 1 aliphatic rings. The van der Waals surface area contributed by atoms with Gasteiger partial charge in [-0.1, -0.05) is 32.0 Å². The number of nitrogens with zero attached hydrogens (tertiary/aromatic N) is 2. The zero-order valence-electron chi connectivity index (χ0n) is 15.8. The highest BCUT2D eigenvalue weighted by Crippen LogP contribution is 2.27. The van der Waals surface area contributed by atoms with Crippen LogP contribution < -0.4 is 5.32 Å². The van der Waals surface area contributed by atoms with E-state index in [1.165, 1.54) is 6.08 Å². The van der Waals surface area contributed by atoms with Gasteiger partial charge in [-0.25, -0.2) is 0 Å². The van der Waals surface area contributed by atoms with E-state index in [0.717, 1.165) is 22.2 Å². The monoisotopic (exact) mass is 375 g/mol. The molecule has 2 aromatic rings. The van der Waals surface area contributed by atoms with E-state index in [9.17, 15) is 9.59 Å². The van der Waals surface area contributed by atoms with Gasteiger partial charge in [-0.2, -0.15) is 0 Å². The van der Waals surface area contributed by atoms with Crippen molar-refractivity contribution in [2.75, 3.05) is 13.1 Å². The number of aryl methyl sites for hydroxylation is 1. The Morgan fingerprint density at radius 1 is 1.31 bits per heavy atom. The summed E-state index contributed by atoms with van der Waals surface area (Å²) in [5.74, 6) is -0.152. The van der Waals surface area contributed by atoms with Crippen molar-refractivity contribution < 1.29 is 9.59 Å². The molecule has 1 aromatic carbocycles. The van der Waals surface area contributed by atoms with Crippen molar-refractivity contribution in [2.45, 2.75) is 40.3 Å². The first-order valence-corrected chi connectivity index (χ1v) is 9.24. The molecule has 1 fully saturated rings. The third-order valence-corrected chi connectivity index (χ3v) is 4.87. The fraction of sp³-hybridized carbons (Fsp3) is 0.400. The number of amides is 2. The van der Waals surface area contributed by atoms with E-state index >= 15 is 0 Å². The first kappa shape index (κ1) is 20.0. The topological polar surface area (TPSA) is 54.3 Å². The molecule has 1 aliphatic heterocycles. The van der Waals surface area contributed by atoms with Crippen LogP contribution in [0.2, 0.25) is 5.02 Å². The minimum atomic E-state index is -0.0970. The molecule has 0 radical (unpaired) electrons. The molecule has 140 valence electrons. The lowest BCUT2D eigenvalue weighted by Gasteiger charge is -2.38. The molecule has 0 spiro atoms.